The minimum atomic E-state index is -0.646. The average Bonchev–Trinajstić information content (AvgIpc) is 2.67. The van der Waals surface area contributed by atoms with Crippen LogP contribution in [0.15, 0.2) is 12.7 Å². The molecule has 0 radical (unpaired) electrons. The summed E-state index contributed by atoms with van der Waals surface area (Å²) in [7, 11) is 0. The molecule has 2 fully saturated rings. The lowest BCUT2D eigenvalue weighted by Crippen LogP contribution is -2.41. The van der Waals surface area contributed by atoms with E-state index in [4.69, 9.17) is 5.11 Å². The molecule has 1 aliphatic heterocycles. The zero-order chi connectivity index (χ0) is 8.77. The summed E-state index contributed by atoms with van der Waals surface area (Å²) in [4.78, 5) is 13.0. The standard InChI is InChI=1S/C9H13NO2/c1-2-4-10-5-3-7-6-9(7,10)8(11)12/h2,7H,1,3-6H2,(H,11,12). The van der Waals surface area contributed by atoms with Crippen LogP contribution in [0, 0.1) is 5.92 Å². The van der Waals surface area contributed by atoms with Crippen LogP contribution in [0.3, 0.4) is 0 Å². The largest absolute Gasteiger partial charge is 0.480 e. The van der Waals surface area contributed by atoms with E-state index in [0.29, 0.717) is 12.5 Å². The third kappa shape index (κ3) is 0.771. The molecular weight excluding hydrogens is 154 g/mol. The van der Waals surface area contributed by atoms with Crippen molar-refractivity contribution in [3.05, 3.63) is 12.7 Å². The summed E-state index contributed by atoms with van der Waals surface area (Å²) in [5, 5.41) is 9.04. The third-order valence-corrected chi connectivity index (χ3v) is 3.10. The van der Waals surface area contributed by atoms with Gasteiger partial charge < -0.3 is 5.11 Å². The fourth-order valence-electron chi connectivity index (χ4n) is 2.36. The van der Waals surface area contributed by atoms with Crippen LogP contribution < -0.4 is 0 Å². The predicted molar refractivity (Wildman–Crippen MR) is 44.9 cm³/mol. The molecule has 1 saturated carbocycles. The van der Waals surface area contributed by atoms with Crippen molar-refractivity contribution in [2.45, 2.75) is 18.4 Å². The van der Waals surface area contributed by atoms with Crippen molar-refractivity contribution in [3.63, 3.8) is 0 Å². The summed E-state index contributed by atoms with van der Waals surface area (Å²) in [6, 6.07) is 0. The highest BCUT2D eigenvalue weighted by molar-refractivity contribution is 5.84. The van der Waals surface area contributed by atoms with Gasteiger partial charge in [-0.05, 0) is 25.3 Å². The van der Waals surface area contributed by atoms with Gasteiger partial charge in [0.15, 0.2) is 0 Å². The number of hydrogen-bond acceptors (Lipinski definition) is 2. The van der Waals surface area contributed by atoms with Gasteiger partial charge in [0, 0.05) is 6.54 Å². The quantitative estimate of drug-likeness (QED) is 0.630. The lowest BCUT2D eigenvalue weighted by Gasteiger charge is -2.22. The van der Waals surface area contributed by atoms with Crippen molar-refractivity contribution in [3.8, 4) is 0 Å². The Bertz CT molecular complexity index is 239. The van der Waals surface area contributed by atoms with Crippen molar-refractivity contribution >= 4 is 5.97 Å². The lowest BCUT2D eigenvalue weighted by atomic mass is 10.2. The maximum atomic E-state index is 11.0. The first-order valence-corrected chi connectivity index (χ1v) is 4.31. The molecular formula is C9H13NO2. The molecule has 3 heteroatoms. The summed E-state index contributed by atoms with van der Waals surface area (Å²) >= 11 is 0. The number of aliphatic carboxylic acids is 1. The molecule has 0 aromatic heterocycles. The van der Waals surface area contributed by atoms with Crippen LogP contribution in [-0.2, 0) is 4.79 Å². The molecule has 0 spiro atoms. The Kier molecular flexibility index (Phi) is 1.51. The normalized spacial score (nSPS) is 39.2. The Morgan fingerprint density at radius 1 is 1.83 bits per heavy atom. The van der Waals surface area contributed by atoms with E-state index in [0.717, 1.165) is 19.4 Å². The van der Waals surface area contributed by atoms with Crippen molar-refractivity contribution in [2.75, 3.05) is 13.1 Å². The zero-order valence-electron chi connectivity index (χ0n) is 6.99. The van der Waals surface area contributed by atoms with E-state index >= 15 is 0 Å². The minimum Gasteiger partial charge on any atom is -0.480 e. The SMILES string of the molecule is C=CCN1CCC2CC21C(=O)O. The van der Waals surface area contributed by atoms with Gasteiger partial charge in [0.05, 0.1) is 0 Å². The summed E-state index contributed by atoms with van der Waals surface area (Å²) in [5.74, 6) is -0.234. The van der Waals surface area contributed by atoms with Crippen LogP contribution in [0.25, 0.3) is 0 Å². The van der Waals surface area contributed by atoms with E-state index in [-0.39, 0.29) is 0 Å². The predicted octanol–water partition coefficient (Wildman–Crippen LogP) is 0.721. The summed E-state index contributed by atoms with van der Waals surface area (Å²) < 4.78 is 0. The number of fused-ring (bicyclic) bond motifs is 1. The molecule has 2 unspecified atom stereocenters. The fourth-order valence-corrected chi connectivity index (χ4v) is 2.36. The summed E-state index contributed by atoms with van der Waals surface area (Å²) in [6.45, 7) is 5.26. The molecule has 1 heterocycles. The van der Waals surface area contributed by atoms with Gasteiger partial charge in [-0.3, -0.25) is 9.69 Å². The topological polar surface area (TPSA) is 40.5 Å². The first-order valence-electron chi connectivity index (χ1n) is 4.31. The van der Waals surface area contributed by atoms with Crippen LogP contribution in [0.5, 0.6) is 0 Å². The van der Waals surface area contributed by atoms with Gasteiger partial charge in [-0.2, -0.15) is 0 Å². The molecule has 12 heavy (non-hydrogen) atoms. The van der Waals surface area contributed by atoms with Crippen LogP contribution in [-0.4, -0.2) is 34.6 Å². The molecule has 3 nitrogen and oxygen atoms in total. The third-order valence-electron chi connectivity index (χ3n) is 3.10. The van der Waals surface area contributed by atoms with Crippen LogP contribution in [0.1, 0.15) is 12.8 Å². The lowest BCUT2D eigenvalue weighted by molar-refractivity contribution is -0.144. The number of likely N-dealkylation sites (tertiary alicyclic amines) is 1. The van der Waals surface area contributed by atoms with Crippen LogP contribution >= 0.6 is 0 Å². The Labute approximate surface area is 71.7 Å². The maximum absolute atomic E-state index is 11.0. The summed E-state index contributed by atoms with van der Waals surface area (Å²) in [6.07, 6.45) is 3.67. The summed E-state index contributed by atoms with van der Waals surface area (Å²) in [5.41, 5.74) is -0.492. The number of nitrogens with zero attached hydrogens (tertiary/aromatic N) is 1. The molecule has 1 aliphatic carbocycles. The molecule has 0 aromatic carbocycles. The second kappa shape index (κ2) is 2.33. The first-order chi connectivity index (χ1) is 5.71. The Balaban J connectivity index is 2.15. The van der Waals surface area contributed by atoms with E-state index in [1.165, 1.54) is 0 Å². The van der Waals surface area contributed by atoms with Gasteiger partial charge >= 0.3 is 5.97 Å². The highest BCUT2D eigenvalue weighted by Crippen LogP contribution is 2.55. The smallest absolute Gasteiger partial charge is 0.324 e. The van der Waals surface area contributed by atoms with Crippen molar-refractivity contribution in [1.82, 2.24) is 4.90 Å². The number of carboxylic acid groups (broad SMARTS) is 1. The zero-order valence-corrected chi connectivity index (χ0v) is 6.99. The molecule has 2 atom stereocenters. The van der Waals surface area contributed by atoms with Crippen LogP contribution in [0.2, 0.25) is 0 Å². The number of piperidine rings is 1. The monoisotopic (exact) mass is 167 g/mol. The first kappa shape index (κ1) is 7.80. The Morgan fingerprint density at radius 2 is 2.58 bits per heavy atom. The molecule has 2 rings (SSSR count). The highest BCUT2D eigenvalue weighted by atomic mass is 16.4. The number of carboxylic acids is 1. The van der Waals surface area contributed by atoms with Crippen molar-refractivity contribution in [2.24, 2.45) is 5.92 Å². The number of carbonyl (C=O) groups is 1. The number of rotatable bonds is 3. The van der Waals surface area contributed by atoms with E-state index in [1.807, 2.05) is 4.90 Å². The Morgan fingerprint density at radius 3 is 3.08 bits per heavy atom. The second-order valence-electron chi connectivity index (χ2n) is 3.65. The van der Waals surface area contributed by atoms with Gasteiger partial charge in [0.1, 0.15) is 5.54 Å². The van der Waals surface area contributed by atoms with E-state index in [9.17, 15) is 4.79 Å². The average molecular weight is 167 g/mol. The van der Waals surface area contributed by atoms with Gasteiger partial charge in [-0.15, -0.1) is 6.58 Å². The van der Waals surface area contributed by atoms with Crippen molar-refractivity contribution < 1.29 is 9.90 Å². The Hall–Kier alpha value is -0.830. The van der Waals surface area contributed by atoms with Gasteiger partial charge in [0.25, 0.3) is 0 Å². The molecule has 66 valence electrons. The second-order valence-corrected chi connectivity index (χ2v) is 3.65. The van der Waals surface area contributed by atoms with E-state index < -0.39 is 11.5 Å². The molecule has 1 N–H and O–H groups in total. The molecule has 1 saturated heterocycles. The molecule has 0 amide bonds. The van der Waals surface area contributed by atoms with E-state index in [2.05, 4.69) is 6.58 Å². The number of hydrogen-bond donors (Lipinski definition) is 1. The molecule has 2 aliphatic rings. The highest BCUT2D eigenvalue weighted by Gasteiger charge is 2.66. The van der Waals surface area contributed by atoms with E-state index in [1.54, 1.807) is 6.08 Å². The van der Waals surface area contributed by atoms with Crippen LogP contribution in [0.4, 0.5) is 0 Å². The van der Waals surface area contributed by atoms with Gasteiger partial charge in [0.2, 0.25) is 0 Å². The molecule has 0 aromatic rings. The fraction of sp³-hybridized carbons (Fsp3) is 0.667. The maximum Gasteiger partial charge on any atom is 0.324 e. The minimum absolute atomic E-state index is 0.412. The van der Waals surface area contributed by atoms with Gasteiger partial charge in [-0.1, -0.05) is 6.08 Å². The van der Waals surface area contributed by atoms with Crippen molar-refractivity contribution in [1.29, 1.82) is 0 Å². The van der Waals surface area contributed by atoms with Gasteiger partial charge in [-0.25, -0.2) is 0 Å². The molecule has 0 bridgehead atoms.